The highest BCUT2D eigenvalue weighted by molar-refractivity contribution is 5.83. The fourth-order valence-corrected chi connectivity index (χ4v) is 4.22. The summed E-state index contributed by atoms with van der Waals surface area (Å²) in [4.78, 5) is 27.6. The third-order valence-electron chi connectivity index (χ3n) is 6.77. The number of aliphatic carboxylic acids is 1. The number of amides is 1. The van der Waals surface area contributed by atoms with Gasteiger partial charge in [0, 0.05) is 23.9 Å². The van der Waals surface area contributed by atoms with Gasteiger partial charge in [0.1, 0.15) is 6.17 Å². The molecule has 2 fully saturated rings. The molecule has 208 valence electrons. The number of hydrogen-bond donors (Lipinski definition) is 2. The lowest BCUT2D eigenvalue weighted by atomic mass is 9.91. The first-order valence-electron chi connectivity index (χ1n) is 12.5. The number of nitrogens with zero attached hydrogens (tertiary/aromatic N) is 3. The van der Waals surface area contributed by atoms with Crippen molar-refractivity contribution in [1.29, 1.82) is 0 Å². The minimum atomic E-state index is -5.08. The van der Waals surface area contributed by atoms with E-state index in [1.165, 1.54) is 4.90 Å². The Hall–Kier alpha value is -3.80. The van der Waals surface area contributed by atoms with Gasteiger partial charge in [0.15, 0.2) is 0 Å². The molecule has 2 aromatic carbocycles. The van der Waals surface area contributed by atoms with Crippen LogP contribution in [0.2, 0.25) is 0 Å². The van der Waals surface area contributed by atoms with E-state index in [1.807, 2.05) is 49.4 Å². The van der Waals surface area contributed by atoms with Crippen LogP contribution in [0.25, 0.3) is 22.5 Å². The topological polar surface area (TPSA) is 123 Å². The van der Waals surface area contributed by atoms with Crippen LogP contribution in [0.3, 0.4) is 0 Å². The maximum Gasteiger partial charge on any atom is 0.490 e. The average Bonchev–Trinajstić information content (AvgIpc) is 3.48. The van der Waals surface area contributed by atoms with Gasteiger partial charge in [-0.2, -0.15) is 18.2 Å². The molecule has 12 heteroatoms. The zero-order valence-corrected chi connectivity index (χ0v) is 21.1. The van der Waals surface area contributed by atoms with Crippen LogP contribution in [0.15, 0.2) is 53.1 Å². The number of carboxylic acids is 1. The van der Waals surface area contributed by atoms with Gasteiger partial charge >= 0.3 is 12.1 Å². The number of benzene rings is 2. The normalized spacial score (nSPS) is 18.7. The van der Waals surface area contributed by atoms with E-state index in [1.54, 1.807) is 0 Å². The van der Waals surface area contributed by atoms with E-state index in [9.17, 15) is 22.4 Å². The molecule has 3 aromatic rings. The Labute approximate surface area is 221 Å². The molecular formula is C27H28F4N4O4. The van der Waals surface area contributed by atoms with Crippen molar-refractivity contribution in [3.05, 3.63) is 60.0 Å². The van der Waals surface area contributed by atoms with E-state index < -0.39 is 24.4 Å². The van der Waals surface area contributed by atoms with Crippen LogP contribution in [0.5, 0.6) is 0 Å². The molecule has 1 saturated heterocycles. The van der Waals surface area contributed by atoms with Crippen molar-refractivity contribution >= 4 is 11.9 Å². The van der Waals surface area contributed by atoms with E-state index in [-0.39, 0.29) is 18.4 Å². The first-order valence-corrected chi connectivity index (χ1v) is 12.5. The molecule has 3 atom stereocenters. The standard InChI is InChI=1S/C25H27FN4O2.C2HF3O2/c1-15(22(27)25(31)30-12-11-21(26)14-30)16-5-7-17(8-6-16)19-3-2-4-20(13-19)23-28-24(32-29-23)18-9-10-18;3-2(4,5)1(6)7/h2-8,13,15,18,21-22H,9-12,14,27H2,1H3;(H,6,7)/t15-,21-,22-;/m0./s1. The van der Waals surface area contributed by atoms with Gasteiger partial charge < -0.3 is 20.3 Å². The number of carboxylic acid groups (broad SMARTS) is 1. The molecule has 0 radical (unpaired) electrons. The lowest BCUT2D eigenvalue weighted by Crippen LogP contribution is -2.45. The largest absolute Gasteiger partial charge is 0.490 e. The SMILES string of the molecule is C[C@@H](c1ccc(-c2cccc(-c3noc(C4CC4)n3)c2)cc1)[C@H](N)C(=O)N1CC[C@H](F)C1.O=C(O)C(F)(F)F. The van der Waals surface area contributed by atoms with Crippen LogP contribution in [0, 0.1) is 0 Å². The van der Waals surface area contributed by atoms with Crippen molar-refractivity contribution in [3.8, 4) is 22.5 Å². The van der Waals surface area contributed by atoms with Gasteiger partial charge in [-0.15, -0.1) is 0 Å². The molecule has 1 aliphatic carbocycles. The van der Waals surface area contributed by atoms with E-state index in [4.69, 9.17) is 20.2 Å². The number of nitrogens with two attached hydrogens (primary N) is 1. The van der Waals surface area contributed by atoms with Crippen LogP contribution in [-0.2, 0) is 9.59 Å². The van der Waals surface area contributed by atoms with Crippen molar-refractivity contribution in [2.75, 3.05) is 13.1 Å². The Morgan fingerprint density at radius 2 is 1.72 bits per heavy atom. The molecule has 1 aliphatic heterocycles. The second kappa shape index (κ2) is 11.5. The van der Waals surface area contributed by atoms with E-state index in [2.05, 4.69) is 16.2 Å². The molecule has 1 aromatic heterocycles. The van der Waals surface area contributed by atoms with Crippen LogP contribution in [-0.4, -0.2) is 63.5 Å². The average molecular weight is 549 g/mol. The van der Waals surface area contributed by atoms with Gasteiger partial charge in [-0.3, -0.25) is 4.79 Å². The Bertz CT molecular complexity index is 1310. The van der Waals surface area contributed by atoms with Crippen LogP contribution in [0.1, 0.15) is 49.5 Å². The molecule has 2 aliphatic rings. The van der Waals surface area contributed by atoms with Crippen molar-refractivity contribution < 1.29 is 36.8 Å². The summed E-state index contributed by atoms with van der Waals surface area (Å²) in [6.07, 6.45) is -3.39. The summed E-state index contributed by atoms with van der Waals surface area (Å²) in [5.41, 5.74) is 10.2. The molecule has 1 saturated carbocycles. The number of carbonyl (C=O) groups excluding carboxylic acids is 1. The molecule has 0 spiro atoms. The fourth-order valence-electron chi connectivity index (χ4n) is 4.22. The molecule has 2 heterocycles. The van der Waals surface area contributed by atoms with Crippen molar-refractivity contribution in [3.63, 3.8) is 0 Å². The molecule has 3 N–H and O–H groups in total. The van der Waals surface area contributed by atoms with Crippen molar-refractivity contribution in [1.82, 2.24) is 15.0 Å². The van der Waals surface area contributed by atoms with Crippen LogP contribution in [0.4, 0.5) is 17.6 Å². The number of carbonyl (C=O) groups is 2. The van der Waals surface area contributed by atoms with Gasteiger partial charge in [0.25, 0.3) is 0 Å². The van der Waals surface area contributed by atoms with E-state index in [0.717, 1.165) is 41.0 Å². The summed E-state index contributed by atoms with van der Waals surface area (Å²) in [5.74, 6) is -1.34. The monoisotopic (exact) mass is 548 g/mol. The Balaban J connectivity index is 0.000000448. The molecule has 39 heavy (non-hydrogen) atoms. The summed E-state index contributed by atoms with van der Waals surface area (Å²) < 4.78 is 50.6. The highest BCUT2D eigenvalue weighted by Gasteiger charge is 2.38. The number of rotatable bonds is 6. The summed E-state index contributed by atoms with van der Waals surface area (Å²) in [6.45, 7) is 2.53. The zero-order valence-electron chi connectivity index (χ0n) is 21.1. The second-order valence-electron chi connectivity index (χ2n) is 9.72. The first kappa shape index (κ1) is 28.2. The Morgan fingerprint density at radius 1 is 1.08 bits per heavy atom. The van der Waals surface area contributed by atoms with E-state index >= 15 is 0 Å². The van der Waals surface area contributed by atoms with Gasteiger partial charge in [-0.25, -0.2) is 9.18 Å². The van der Waals surface area contributed by atoms with Crippen LogP contribution >= 0.6 is 0 Å². The third kappa shape index (κ3) is 6.99. The Kier molecular flexibility index (Phi) is 8.34. The second-order valence-corrected chi connectivity index (χ2v) is 9.72. The minimum absolute atomic E-state index is 0.150. The molecule has 0 unspecified atom stereocenters. The van der Waals surface area contributed by atoms with Gasteiger partial charge in [-0.05, 0) is 42.0 Å². The number of alkyl halides is 4. The number of likely N-dealkylation sites (tertiary alicyclic amines) is 1. The molecule has 0 bridgehead atoms. The smallest absolute Gasteiger partial charge is 0.475 e. The number of hydrogen-bond acceptors (Lipinski definition) is 6. The molecule has 1 amide bonds. The molecular weight excluding hydrogens is 520 g/mol. The van der Waals surface area contributed by atoms with Gasteiger partial charge in [0.2, 0.25) is 17.6 Å². The molecule has 5 rings (SSSR count). The summed E-state index contributed by atoms with van der Waals surface area (Å²) in [7, 11) is 0. The molecule has 8 nitrogen and oxygen atoms in total. The highest BCUT2D eigenvalue weighted by atomic mass is 19.4. The fraction of sp³-hybridized carbons (Fsp3) is 0.407. The summed E-state index contributed by atoms with van der Waals surface area (Å²) in [5, 5.41) is 11.3. The van der Waals surface area contributed by atoms with Gasteiger partial charge in [0.05, 0.1) is 12.6 Å². The maximum absolute atomic E-state index is 13.5. The Morgan fingerprint density at radius 3 is 2.28 bits per heavy atom. The lowest BCUT2D eigenvalue weighted by molar-refractivity contribution is -0.192. The predicted octanol–water partition coefficient (Wildman–Crippen LogP) is 4.92. The lowest BCUT2D eigenvalue weighted by Gasteiger charge is -2.25. The van der Waals surface area contributed by atoms with E-state index in [0.29, 0.717) is 24.7 Å². The summed E-state index contributed by atoms with van der Waals surface area (Å²) >= 11 is 0. The van der Waals surface area contributed by atoms with Gasteiger partial charge in [-0.1, -0.05) is 54.5 Å². The number of halogens is 4. The maximum atomic E-state index is 13.5. The van der Waals surface area contributed by atoms with Crippen LogP contribution < -0.4 is 5.73 Å². The first-order chi connectivity index (χ1) is 18.4. The highest BCUT2D eigenvalue weighted by Crippen LogP contribution is 2.39. The van der Waals surface area contributed by atoms with Crippen molar-refractivity contribution in [2.24, 2.45) is 5.73 Å². The summed E-state index contributed by atoms with van der Waals surface area (Å²) in [6, 6.07) is 15.4. The quantitative estimate of drug-likeness (QED) is 0.420. The predicted molar refractivity (Wildman–Crippen MR) is 133 cm³/mol. The third-order valence-corrected chi connectivity index (χ3v) is 6.77. The minimum Gasteiger partial charge on any atom is -0.475 e. The van der Waals surface area contributed by atoms with Crippen molar-refractivity contribution in [2.45, 2.75) is 56.4 Å². The number of aromatic nitrogens is 2. The zero-order chi connectivity index (χ0) is 28.3.